The van der Waals surface area contributed by atoms with Crippen molar-refractivity contribution in [2.75, 3.05) is 18.5 Å². The Morgan fingerprint density at radius 3 is 2.46 bits per heavy atom. The first kappa shape index (κ1) is 17.9. The monoisotopic (exact) mass is 347 g/mol. The van der Waals surface area contributed by atoms with Gasteiger partial charge in [-0.3, -0.25) is 0 Å². The van der Waals surface area contributed by atoms with Crippen molar-refractivity contribution in [1.82, 2.24) is 0 Å². The molecule has 0 unspecified atom stereocenters. The van der Waals surface area contributed by atoms with Crippen molar-refractivity contribution in [2.45, 2.75) is 19.9 Å². The number of rotatable bonds is 9. The summed E-state index contributed by atoms with van der Waals surface area (Å²) in [6.45, 7) is 4.03. The third-order valence-corrected chi connectivity index (χ3v) is 4.09. The first-order chi connectivity index (χ1) is 12.8. The van der Waals surface area contributed by atoms with Gasteiger partial charge in [-0.2, -0.15) is 0 Å². The van der Waals surface area contributed by atoms with Crippen molar-refractivity contribution in [2.24, 2.45) is 0 Å². The van der Waals surface area contributed by atoms with Crippen molar-refractivity contribution in [3.63, 3.8) is 0 Å². The van der Waals surface area contributed by atoms with Crippen LogP contribution in [-0.4, -0.2) is 13.2 Å². The van der Waals surface area contributed by atoms with Crippen molar-refractivity contribution in [3.8, 4) is 11.5 Å². The Morgan fingerprint density at radius 2 is 1.62 bits per heavy atom. The van der Waals surface area contributed by atoms with E-state index in [2.05, 4.69) is 35.6 Å². The molecule has 3 heteroatoms. The van der Waals surface area contributed by atoms with E-state index in [1.807, 2.05) is 55.5 Å². The molecule has 3 nitrogen and oxygen atoms in total. The molecule has 3 aromatic carbocycles. The Labute approximate surface area is 155 Å². The highest BCUT2D eigenvalue weighted by Crippen LogP contribution is 2.22. The molecule has 0 aromatic heterocycles. The van der Waals surface area contributed by atoms with Crippen molar-refractivity contribution in [1.29, 1.82) is 0 Å². The molecule has 0 bridgehead atoms. The van der Waals surface area contributed by atoms with Crippen LogP contribution in [0.1, 0.15) is 18.1 Å². The molecule has 0 aliphatic rings. The summed E-state index contributed by atoms with van der Waals surface area (Å²) in [5, 5.41) is 3.45. The second kappa shape index (κ2) is 9.52. The minimum atomic E-state index is 0.668. The lowest BCUT2D eigenvalue weighted by Gasteiger charge is -2.13. The van der Waals surface area contributed by atoms with Crippen LogP contribution in [0.4, 0.5) is 5.69 Å². The number of para-hydroxylation sites is 1. The summed E-state index contributed by atoms with van der Waals surface area (Å²) in [6, 6.07) is 26.6. The molecule has 0 fully saturated rings. The van der Waals surface area contributed by atoms with Gasteiger partial charge in [0.05, 0.1) is 13.2 Å². The summed E-state index contributed by atoms with van der Waals surface area (Å²) in [5.41, 5.74) is 3.47. The second-order valence-corrected chi connectivity index (χ2v) is 6.01. The molecule has 0 amide bonds. The standard InChI is InChI=1S/C23H25NO2/c1-2-25-22-13-8-12-21(17-22)24-18-20-11-6-7-14-23(20)26-16-15-19-9-4-3-5-10-19/h3-14,17,24H,2,15-16,18H2,1H3. The van der Waals surface area contributed by atoms with Gasteiger partial charge in [0.15, 0.2) is 0 Å². The zero-order chi connectivity index (χ0) is 18.0. The number of hydrogen-bond acceptors (Lipinski definition) is 3. The van der Waals surface area contributed by atoms with Gasteiger partial charge in [-0.1, -0.05) is 54.6 Å². The Kier molecular flexibility index (Phi) is 6.54. The summed E-state index contributed by atoms with van der Waals surface area (Å²) < 4.78 is 11.6. The molecule has 0 saturated carbocycles. The molecular weight excluding hydrogens is 322 g/mol. The molecule has 0 aliphatic heterocycles. The third kappa shape index (κ3) is 5.28. The number of anilines is 1. The zero-order valence-corrected chi connectivity index (χ0v) is 15.2. The average Bonchev–Trinajstić information content (AvgIpc) is 2.69. The van der Waals surface area contributed by atoms with Crippen LogP contribution in [0.25, 0.3) is 0 Å². The predicted molar refractivity (Wildman–Crippen MR) is 107 cm³/mol. The normalized spacial score (nSPS) is 10.3. The molecule has 0 radical (unpaired) electrons. The van der Waals surface area contributed by atoms with Gasteiger partial charge in [0.2, 0.25) is 0 Å². The lowest BCUT2D eigenvalue weighted by molar-refractivity contribution is 0.319. The van der Waals surface area contributed by atoms with Gasteiger partial charge in [-0.15, -0.1) is 0 Å². The van der Waals surface area contributed by atoms with E-state index in [1.54, 1.807) is 0 Å². The lowest BCUT2D eigenvalue weighted by atomic mass is 10.1. The smallest absolute Gasteiger partial charge is 0.124 e. The summed E-state index contributed by atoms with van der Waals surface area (Å²) in [7, 11) is 0. The van der Waals surface area contributed by atoms with Gasteiger partial charge in [0.25, 0.3) is 0 Å². The van der Waals surface area contributed by atoms with Crippen LogP contribution in [0.5, 0.6) is 11.5 Å². The van der Waals surface area contributed by atoms with Crippen LogP contribution in [0.3, 0.4) is 0 Å². The van der Waals surface area contributed by atoms with Gasteiger partial charge in [0, 0.05) is 30.3 Å². The molecule has 0 heterocycles. The first-order valence-electron chi connectivity index (χ1n) is 9.06. The maximum absolute atomic E-state index is 6.03. The van der Waals surface area contributed by atoms with Crippen LogP contribution in [0.2, 0.25) is 0 Å². The molecule has 0 atom stereocenters. The largest absolute Gasteiger partial charge is 0.494 e. The van der Waals surface area contributed by atoms with E-state index in [0.717, 1.165) is 29.2 Å². The number of ether oxygens (including phenoxy) is 2. The highest BCUT2D eigenvalue weighted by atomic mass is 16.5. The minimum Gasteiger partial charge on any atom is -0.494 e. The Morgan fingerprint density at radius 1 is 0.808 bits per heavy atom. The molecule has 0 aliphatic carbocycles. The van der Waals surface area contributed by atoms with Gasteiger partial charge in [-0.05, 0) is 30.7 Å². The van der Waals surface area contributed by atoms with Crippen LogP contribution in [0.15, 0.2) is 78.9 Å². The SMILES string of the molecule is CCOc1cccc(NCc2ccccc2OCCc2ccccc2)c1. The minimum absolute atomic E-state index is 0.668. The van der Waals surface area contributed by atoms with E-state index in [1.165, 1.54) is 5.56 Å². The fourth-order valence-corrected chi connectivity index (χ4v) is 2.77. The summed E-state index contributed by atoms with van der Waals surface area (Å²) in [6.07, 6.45) is 0.902. The van der Waals surface area contributed by atoms with Crippen LogP contribution >= 0.6 is 0 Å². The van der Waals surface area contributed by atoms with Gasteiger partial charge >= 0.3 is 0 Å². The molecule has 134 valence electrons. The van der Waals surface area contributed by atoms with Crippen molar-refractivity contribution < 1.29 is 9.47 Å². The molecule has 0 spiro atoms. The van der Waals surface area contributed by atoms with Crippen molar-refractivity contribution >= 4 is 5.69 Å². The number of hydrogen-bond donors (Lipinski definition) is 1. The number of nitrogens with one attached hydrogen (secondary N) is 1. The topological polar surface area (TPSA) is 30.5 Å². The van der Waals surface area contributed by atoms with Crippen LogP contribution < -0.4 is 14.8 Å². The van der Waals surface area contributed by atoms with Gasteiger partial charge in [-0.25, -0.2) is 0 Å². The van der Waals surface area contributed by atoms with Crippen LogP contribution in [-0.2, 0) is 13.0 Å². The molecule has 3 aromatic rings. The molecular formula is C23H25NO2. The van der Waals surface area contributed by atoms with E-state index < -0.39 is 0 Å². The molecule has 0 saturated heterocycles. The van der Waals surface area contributed by atoms with Crippen LogP contribution in [0, 0.1) is 0 Å². The molecule has 3 rings (SSSR count). The Bertz CT molecular complexity index is 802. The quantitative estimate of drug-likeness (QED) is 0.568. The van der Waals surface area contributed by atoms with E-state index in [-0.39, 0.29) is 0 Å². The molecule has 1 N–H and O–H groups in total. The van der Waals surface area contributed by atoms with E-state index >= 15 is 0 Å². The maximum atomic E-state index is 6.03. The third-order valence-electron chi connectivity index (χ3n) is 4.09. The van der Waals surface area contributed by atoms with E-state index in [4.69, 9.17) is 9.47 Å². The highest BCUT2D eigenvalue weighted by Gasteiger charge is 2.04. The Balaban J connectivity index is 1.57. The lowest BCUT2D eigenvalue weighted by Crippen LogP contribution is -2.06. The Hall–Kier alpha value is -2.94. The number of benzene rings is 3. The first-order valence-corrected chi connectivity index (χ1v) is 9.06. The highest BCUT2D eigenvalue weighted by molar-refractivity contribution is 5.49. The second-order valence-electron chi connectivity index (χ2n) is 6.01. The van der Waals surface area contributed by atoms with E-state index in [9.17, 15) is 0 Å². The fourth-order valence-electron chi connectivity index (χ4n) is 2.77. The summed E-state index contributed by atoms with van der Waals surface area (Å²) in [4.78, 5) is 0. The maximum Gasteiger partial charge on any atom is 0.124 e. The van der Waals surface area contributed by atoms with Gasteiger partial charge < -0.3 is 14.8 Å². The van der Waals surface area contributed by atoms with E-state index in [0.29, 0.717) is 19.8 Å². The summed E-state index contributed by atoms with van der Waals surface area (Å²) in [5.74, 6) is 1.81. The zero-order valence-electron chi connectivity index (χ0n) is 15.2. The van der Waals surface area contributed by atoms with Gasteiger partial charge in [0.1, 0.15) is 11.5 Å². The molecule has 26 heavy (non-hydrogen) atoms. The summed E-state index contributed by atoms with van der Waals surface area (Å²) >= 11 is 0. The predicted octanol–water partition coefficient (Wildman–Crippen LogP) is 5.32. The average molecular weight is 347 g/mol. The van der Waals surface area contributed by atoms with Crippen molar-refractivity contribution in [3.05, 3.63) is 90.0 Å². The fraction of sp³-hybridized carbons (Fsp3) is 0.217.